The summed E-state index contributed by atoms with van der Waals surface area (Å²) in [7, 11) is 0. The first kappa shape index (κ1) is 15.5. The van der Waals surface area contributed by atoms with Gasteiger partial charge in [0.25, 0.3) is 5.91 Å². The summed E-state index contributed by atoms with van der Waals surface area (Å²) in [5.74, 6) is 0.166. The molecule has 0 aliphatic heterocycles. The van der Waals surface area contributed by atoms with E-state index in [4.69, 9.17) is 10.5 Å². The molecule has 3 N–H and O–H groups in total. The molecule has 0 aliphatic rings. The van der Waals surface area contributed by atoms with Gasteiger partial charge in [-0.1, -0.05) is 19.1 Å². The van der Waals surface area contributed by atoms with E-state index >= 15 is 0 Å². The molecule has 0 bridgehead atoms. The van der Waals surface area contributed by atoms with Gasteiger partial charge < -0.3 is 15.8 Å². The van der Waals surface area contributed by atoms with Crippen LogP contribution in [0.3, 0.4) is 0 Å². The second-order valence-corrected chi connectivity index (χ2v) is 5.54. The summed E-state index contributed by atoms with van der Waals surface area (Å²) in [5.41, 5.74) is 6.18. The van der Waals surface area contributed by atoms with Crippen molar-refractivity contribution in [2.24, 2.45) is 5.73 Å². The highest BCUT2D eigenvalue weighted by Gasteiger charge is 2.10. The summed E-state index contributed by atoms with van der Waals surface area (Å²) in [6.07, 6.45) is 2.82. The van der Waals surface area contributed by atoms with E-state index in [-0.39, 0.29) is 12.6 Å². The second-order valence-electron chi connectivity index (χ2n) is 4.61. The van der Waals surface area contributed by atoms with Crippen molar-refractivity contribution in [3.63, 3.8) is 0 Å². The lowest BCUT2D eigenvalue weighted by atomic mass is 10.2. The van der Waals surface area contributed by atoms with E-state index in [1.54, 1.807) is 11.3 Å². The van der Waals surface area contributed by atoms with Crippen molar-refractivity contribution in [1.82, 2.24) is 10.3 Å². The van der Waals surface area contributed by atoms with E-state index in [2.05, 4.69) is 17.2 Å². The molecule has 0 saturated heterocycles. The van der Waals surface area contributed by atoms with Crippen LogP contribution >= 0.6 is 11.3 Å². The van der Waals surface area contributed by atoms with Crippen molar-refractivity contribution >= 4 is 17.2 Å². The molecule has 0 radical (unpaired) electrons. The minimum Gasteiger partial charge on any atom is -0.484 e. The van der Waals surface area contributed by atoms with Crippen LogP contribution in [-0.2, 0) is 11.3 Å². The quantitative estimate of drug-likeness (QED) is 0.784. The van der Waals surface area contributed by atoms with E-state index in [1.807, 2.05) is 35.8 Å². The highest BCUT2D eigenvalue weighted by Crippen LogP contribution is 2.19. The van der Waals surface area contributed by atoms with Gasteiger partial charge in [-0.05, 0) is 24.1 Å². The normalized spacial score (nSPS) is 12.0. The van der Waals surface area contributed by atoms with Crippen LogP contribution in [0, 0.1) is 0 Å². The Kier molecular flexibility index (Phi) is 5.71. The summed E-state index contributed by atoms with van der Waals surface area (Å²) < 4.78 is 5.22. The topological polar surface area (TPSA) is 77.2 Å². The molecule has 112 valence electrons. The predicted octanol–water partition coefficient (Wildman–Crippen LogP) is 2.25. The Morgan fingerprint density at radius 2 is 2.19 bits per heavy atom. The molecule has 2 rings (SSSR count). The lowest BCUT2D eigenvalue weighted by Crippen LogP contribution is -2.20. The second kappa shape index (κ2) is 7.75. The van der Waals surface area contributed by atoms with Crippen LogP contribution in [0.2, 0.25) is 0 Å². The van der Waals surface area contributed by atoms with E-state index in [1.165, 1.54) is 0 Å². The molecule has 1 aromatic heterocycles. The number of thiazole rings is 1. The molecule has 6 heteroatoms. The number of carbonyl (C=O) groups is 1. The SMILES string of the molecule is CCC(NCc1ccc(OCC(N)=O)cc1)c1nccs1. The maximum absolute atomic E-state index is 10.6. The molecule has 5 nitrogen and oxygen atoms in total. The molecular formula is C15H19N3O2S. The van der Waals surface area contributed by atoms with Crippen LogP contribution in [0.4, 0.5) is 0 Å². The lowest BCUT2D eigenvalue weighted by molar-refractivity contribution is -0.119. The lowest BCUT2D eigenvalue weighted by Gasteiger charge is -2.14. The average Bonchev–Trinajstić information content (AvgIpc) is 3.01. The van der Waals surface area contributed by atoms with Gasteiger partial charge in [0, 0.05) is 18.1 Å². The first-order valence-corrected chi connectivity index (χ1v) is 7.69. The monoisotopic (exact) mass is 305 g/mol. The molecule has 1 atom stereocenters. The number of rotatable bonds is 8. The summed E-state index contributed by atoms with van der Waals surface area (Å²) in [4.78, 5) is 15.0. The van der Waals surface area contributed by atoms with Crippen molar-refractivity contribution in [3.05, 3.63) is 46.4 Å². The molecule has 1 aromatic carbocycles. The maximum Gasteiger partial charge on any atom is 0.255 e. The average molecular weight is 305 g/mol. The van der Waals surface area contributed by atoms with E-state index in [9.17, 15) is 4.79 Å². The third-order valence-corrected chi connectivity index (χ3v) is 3.90. The molecule has 0 saturated carbocycles. The minimum atomic E-state index is -0.477. The number of benzene rings is 1. The Labute approximate surface area is 128 Å². The number of aromatic nitrogens is 1. The van der Waals surface area contributed by atoms with Crippen LogP contribution in [0.15, 0.2) is 35.8 Å². The Balaban J connectivity index is 1.86. The molecule has 21 heavy (non-hydrogen) atoms. The first-order valence-electron chi connectivity index (χ1n) is 6.82. The third-order valence-electron chi connectivity index (χ3n) is 3.01. The third kappa shape index (κ3) is 4.84. The fourth-order valence-corrected chi connectivity index (χ4v) is 2.71. The number of amides is 1. The highest BCUT2D eigenvalue weighted by atomic mass is 32.1. The molecular weight excluding hydrogens is 286 g/mol. The molecule has 0 spiro atoms. The zero-order chi connectivity index (χ0) is 15.1. The minimum absolute atomic E-state index is 0.0977. The molecule has 1 amide bonds. The van der Waals surface area contributed by atoms with E-state index < -0.39 is 5.91 Å². The van der Waals surface area contributed by atoms with Gasteiger partial charge in [0.2, 0.25) is 0 Å². The zero-order valence-corrected chi connectivity index (χ0v) is 12.7. The van der Waals surface area contributed by atoms with Crippen LogP contribution in [0.1, 0.15) is 30.0 Å². The fraction of sp³-hybridized carbons (Fsp3) is 0.333. The number of nitrogens with zero attached hydrogens (tertiary/aromatic N) is 1. The largest absolute Gasteiger partial charge is 0.484 e. The summed E-state index contributed by atoms with van der Waals surface area (Å²) in [6, 6.07) is 7.89. The molecule has 0 fully saturated rings. The summed E-state index contributed by atoms with van der Waals surface area (Å²) in [5, 5.41) is 6.59. The highest BCUT2D eigenvalue weighted by molar-refractivity contribution is 7.09. The Bertz CT molecular complexity index is 555. The van der Waals surface area contributed by atoms with Gasteiger partial charge in [-0.25, -0.2) is 4.98 Å². The fourth-order valence-electron chi connectivity index (χ4n) is 1.91. The number of hydrogen-bond acceptors (Lipinski definition) is 5. The van der Waals surface area contributed by atoms with Gasteiger partial charge in [-0.3, -0.25) is 4.79 Å². The van der Waals surface area contributed by atoms with Gasteiger partial charge in [-0.15, -0.1) is 11.3 Å². The number of nitrogens with two attached hydrogens (primary N) is 1. The van der Waals surface area contributed by atoms with Crippen molar-refractivity contribution < 1.29 is 9.53 Å². The number of primary amides is 1. The zero-order valence-electron chi connectivity index (χ0n) is 11.9. The standard InChI is InChI=1S/C15H19N3O2S/c1-2-13(15-17-7-8-21-15)18-9-11-3-5-12(6-4-11)20-10-14(16)19/h3-8,13,18H,2,9-10H2,1H3,(H2,16,19). The van der Waals surface area contributed by atoms with Crippen molar-refractivity contribution in [3.8, 4) is 5.75 Å². The van der Waals surface area contributed by atoms with E-state index in [0.717, 1.165) is 23.5 Å². The first-order chi connectivity index (χ1) is 10.2. The molecule has 2 aromatic rings. The number of nitrogens with one attached hydrogen (secondary N) is 1. The van der Waals surface area contributed by atoms with Gasteiger partial charge >= 0.3 is 0 Å². The maximum atomic E-state index is 10.6. The van der Waals surface area contributed by atoms with Crippen molar-refractivity contribution in [2.45, 2.75) is 25.9 Å². The molecule has 0 aliphatic carbocycles. The number of ether oxygens (including phenoxy) is 1. The van der Waals surface area contributed by atoms with Gasteiger partial charge in [-0.2, -0.15) is 0 Å². The van der Waals surface area contributed by atoms with Gasteiger partial charge in [0.1, 0.15) is 10.8 Å². The van der Waals surface area contributed by atoms with Crippen molar-refractivity contribution in [2.75, 3.05) is 6.61 Å². The molecule has 1 unspecified atom stereocenters. The van der Waals surface area contributed by atoms with Crippen molar-refractivity contribution in [1.29, 1.82) is 0 Å². The molecule has 1 heterocycles. The Hall–Kier alpha value is -1.92. The van der Waals surface area contributed by atoms with Crippen LogP contribution in [-0.4, -0.2) is 17.5 Å². The van der Waals surface area contributed by atoms with E-state index in [0.29, 0.717) is 5.75 Å². The van der Waals surface area contributed by atoms with Gasteiger partial charge in [0.05, 0.1) is 6.04 Å². The predicted molar refractivity (Wildman–Crippen MR) is 83.1 cm³/mol. The van der Waals surface area contributed by atoms with Gasteiger partial charge in [0.15, 0.2) is 6.61 Å². The smallest absolute Gasteiger partial charge is 0.255 e. The Morgan fingerprint density at radius 3 is 2.76 bits per heavy atom. The Morgan fingerprint density at radius 1 is 1.43 bits per heavy atom. The summed E-state index contributed by atoms with van der Waals surface area (Å²) in [6.45, 7) is 2.80. The summed E-state index contributed by atoms with van der Waals surface area (Å²) >= 11 is 1.67. The number of carbonyl (C=O) groups excluding carboxylic acids is 1. The van der Waals surface area contributed by atoms with Crippen LogP contribution in [0.5, 0.6) is 5.75 Å². The van der Waals surface area contributed by atoms with Crippen LogP contribution in [0.25, 0.3) is 0 Å². The van der Waals surface area contributed by atoms with Crippen LogP contribution < -0.4 is 15.8 Å². The number of hydrogen-bond donors (Lipinski definition) is 2.